The number of phenolic OH excluding ortho intramolecular Hbond substituents is 1. The van der Waals surface area contributed by atoms with Crippen LogP contribution < -0.4 is 9.47 Å². The molecule has 7 heteroatoms. The maximum atomic E-state index is 13.3. The molecule has 0 radical (unpaired) electrons. The number of ether oxygens (including phenoxy) is 2. The number of rotatable bonds is 8. The summed E-state index contributed by atoms with van der Waals surface area (Å²) in [6.07, 6.45) is 0.823. The highest BCUT2D eigenvalue weighted by Gasteiger charge is 2.46. The number of hydrogen-bond acceptors (Lipinski definition) is 6. The van der Waals surface area contributed by atoms with Crippen molar-refractivity contribution < 1.29 is 29.3 Å². The van der Waals surface area contributed by atoms with E-state index in [1.54, 1.807) is 36.4 Å². The maximum absolute atomic E-state index is 13.3. The number of ketones is 1. The average Bonchev–Trinajstić information content (AvgIpc) is 3.13. The van der Waals surface area contributed by atoms with Crippen LogP contribution in [0, 0.1) is 0 Å². The molecular weight excluding hydrogens is 446 g/mol. The molecule has 180 valence electrons. The van der Waals surface area contributed by atoms with Crippen LogP contribution in [0.25, 0.3) is 5.76 Å². The maximum Gasteiger partial charge on any atom is 0.295 e. The van der Waals surface area contributed by atoms with Gasteiger partial charge < -0.3 is 24.6 Å². The van der Waals surface area contributed by atoms with E-state index >= 15 is 0 Å². The second-order valence-electron chi connectivity index (χ2n) is 8.22. The predicted molar refractivity (Wildman–Crippen MR) is 131 cm³/mol. The topological polar surface area (TPSA) is 96.3 Å². The van der Waals surface area contributed by atoms with Crippen LogP contribution in [0.5, 0.6) is 17.2 Å². The van der Waals surface area contributed by atoms with Crippen LogP contribution in [0.2, 0.25) is 0 Å². The largest absolute Gasteiger partial charge is 0.507 e. The lowest BCUT2D eigenvalue weighted by Gasteiger charge is -2.26. The van der Waals surface area contributed by atoms with E-state index in [4.69, 9.17) is 9.47 Å². The highest BCUT2D eigenvalue weighted by molar-refractivity contribution is 6.46. The summed E-state index contributed by atoms with van der Waals surface area (Å²) in [6, 6.07) is 19.8. The Labute approximate surface area is 203 Å². The van der Waals surface area contributed by atoms with Crippen LogP contribution in [0.3, 0.4) is 0 Å². The SMILES string of the molecule is CCCOc1cccc(/C(O)=C2\C(=O)C(=O)N(Cc3ccccc3)C2c2ccc(O)c(OC)c2)c1. The number of carbonyl (C=O) groups is 2. The van der Waals surface area contributed by atoms with E-state index in [0.29, 0.717) is 23.5 Å². The van der Waals surface area contributed by atoms with Crippen LogP contribution in [0.4, 0.5) is 0 Å². The number of nitrogens with zero attached hydrogens (tertiary/aromatic N) is 1. The molecule has 3 aromatic rings. The number of likely N-dealkylation sites (tertiary alicyclic amines) is 1. The summed E-state index contributed by atoms with van der Waals surface area (Å²) >= 11 is 0. The van der Waals surface area contributed by atoms with Crippen molar-refractivity contribution in [3.8, 4) is 17.2 Å². The summed E-state index contributed by atoms with van der Waals surface area (Å²) in [4.78, 5) is 27.9. The fourth-order valence-corrected chi connectivity index (χ4v) is 4.14. The number of phenols is 1. The summed E-state index contributed by atoms with van der Waals surface area (Å²) in [7, 11) is 1.42. The van der Waals surface area contributed by atoms with Crippen molar-refractivity contribution in [2.45, 2.75) is 25.9 Å². The van der Waals surface area contributed by atoms with Crippen molar-refractivity contribution in [1.29, 1.82) is 0 Å². The number of carbonyl (C=O) groups excluding carboxylic acids is 2. The lowest BCUT2D eigenvalue weighted by Crippen LogP contribution is -2.29. The van der Waals surface area contributed by atoms with Crippen LogP contribution >= 0.6 is 0 Å². The number of aliphatic hydroxyl groups is 1. The average molecular weight is 474 g/mol. The third kappa shape index (κ3) is 4.84. The highest BCUT2D eigenvalue weighted by Crippen LogP contribution is 2.42. The summed E-state index contributed by atoms with van der Waals surface area (Å²) < 4.78 is 10.9. The summed E-state index contributed by atoms with van der Waals surface area (Å²) in [5.41, 5.74) is 1.69. The van der Waals surface area contributed by atoms with Gasteiger partial charge >= 0.3 is 0 Å². The first kappa shape index (κ1) is 23.9. The first-order valence-corrected chi connectivity index (χ1v) is 11.4. The molecule has 0 spiro atoms. The molecule has 1 unspecified atom stereocenters. The molecule has 4 rings (SSSR count). The number of aromatic hydroxyl groups is 1. The molecule has 1 amide bonds. The first-order valence-electron chi connectivity index (χ1n) is 11.4. The third-order valence-corrected chi connectivity index (χ3v) is 5.84. The quantitative estimate of drug-likeness (QED) is 0.277. The third-order valence-electron chi connectivity index (χ3n) is 5.84. The van der Waals surface area contributed by atoms with E-state index < -0.39 is 17.7 Å². The second kappa shape index (κ2) is 10.3. The monoisotopic (exact) mass is 473 g/mol. The predicted octanol–water partition coefficient (Wildman–Crippen LogP) is 4.81. The van der Waals surface area contributed by atoms with Gasteiger partial charge in [0.1, 0.15) is 11.5 Å². The zero-order chi connectivity index (χ0) is 24.9. The normalized spacial score (nSPS) is 17.0. The molecule has 1 aliphatic heterocycles. The van der Waals surface area contributed by atoms with Gasteiger partial charge in [-0.05, 0) is 41.8 Å². The number of methoxy groups -OCH3 is 1. The Morgan fingerprint density at radius 2 is 1.77 bits per heavy atom. The molecular formula is C28H27NO6. The Morgan fingerprint density at radius 1 is 1.00 bits per heavy atom. The van der Waals surface area contributed by atoms with Gasteiger partial charge in [0.15, 0.2) is 11.5 Å². The van der Waals surface area contributed by atoms with Gasteiger partial charge in [-0.25, -0.2) is 0 Å². The van der Waals surface area contributed by atoms with Crippen molar-refractivity contribution in [3.63, 3.8) is 0 Å². The fourth-order valence-electron chi connectivity index (χ4n) is 4.14. The summed E-state index contributed by atoms with van der Waals surface area (Å²) in [6.45, 7) is 2.67. The molecule has 7 nitrogen and oxygen atoms in total. The molecule has 3 aromatic carbocycles. The van der Waals surface area contributed by atoms with Crippen molar-refractivity contribution in [3.05, 3.63) is 95.1 Å². The molecule has 1 aliphatic rings. The number of aliphatic hydroxyl groups excluding tert-OH is 1. The lowest BCUT2D eigenvalue weighted by atomic mass is 9.94. The smallest absolute Gasteiger partial charge is 0.295 e. The Bertz CT molecular complexity index is 1270. The zero-order valence-corrected chi connectivity index (χ0v) is 19.6. The van der Waals surface area contributed by atoms with E-state index in [0.717, 1.165) is 12.0 Å². The van der Waals surface area contributed by atoms with Gasteiger partial charge in [0.25, 0.3) is 11.7 Å². The van der Waals surface area contributed by atoms with Gasteiger partial charge in [-0.2, -0.15) is 0 Å². The standard InChI is InChI=1S/C28H27NO6/c1-3-14-35-21-11-7-10-20(15-21)26(31)24-25(19-12-13-22(30)23(16-19)34-2)29(28(33)27(24)32)17-18-8-5-4-6-9-18/h4-13,15-16,25,30-31H,3,14,17H2,1-2H3/b26-24+. The van der Waals surface area contributed by atoms with E-state index in [-0.39, 0.29) is 29.4 Å². The molecule has 0 bridgehead atoms. The van der Waals surface area contributed by atoms with E-state index in [9.17, 15) is 19.8 Å². The molecule has 1 fully saturated rings. The van der Waals surface area contributed by atoms with Crippen molar-refractivity contribution in [1.82, 2.24) is 4.90 Å². The summed E-state index contributed by atoms with van der Waals surface area (Å²) in [5.74, 6) is -1.11. The molecule has 0 aliphatic carbocycles. The molecule has 0 aromatic heterocycles. The van der Waals surface area contributed by atoms with Gasteiger partial charge in [-0.1, -0.05) is 55.5 Å². The lowest BCUT2D eigenvalue weighted by molar-refractivity contribution is -0.140. The Morgan fingerprint density at radius 3 is 2.49 bits per heavy atom. The molecule has 2 N–H and O–H groups in total. The Hall–Kier alpha value is -4.26. The molecule has 1 heterocycles. The van der Waals surface area contributed by atoms with Crippen molar-refractivity contribution in [2.75, 3.05) is 13.7 Å². The van der Waals surface area contributed by atoms with E-state index in [1.807, 2.05) is 37.3 Å². The van der Waals surface area contributed by atoms with Gasteiger partial charge in [0.2, 0.25) is 0 Å². The van der Waals surface area contributed by atoms with E-state index in [1.165, 1.54) is 18.1 Å². The van der Waals surface area contributed by atoms with E-state index in [2.05, 4.69) is 0 Å². The number of Topliss-reactive ketones (excluding diaryl/α,β-unsaturated/α-hetero) is 1. The number of benzene rings is 3. The van der Waals surface area contributed by atoms with Crippen molar-refractivity contribution >= 4 is 17.4 Å². The number of amides is 1. The Kier molecular flexibility index (Phi) is 7.06. The van der Waals surface area contributed by atoms with Gasteiger partial charge in [-0.15, -0.1) is 0 Å². The van der Waals surface area contributed by atoms with Crippen LogP contribution in [0.1, 0.15) is 36.1 Å². The van der Waals surface area contributed by atoms with Gasteiger partial charge in [-0.3, -0.25) is 9.59 Å². The molecule has 0 saturated carbocycles. The minimum atomic E-state index is -0.884. The summed E-state index contributed by atoms with van der Waals surface area (Å²) in [5, 5.41) is 21.4. The Balaban J connectivity index is 1.85. The molecule has 1 atom stereocenters. The first-order chi connectivity index (χ1) is 16.9. The fraction of sp³-hybridized carbons (Fsp3) is 0.214. The van der Waals surface area contributed by atoms with Crippen LogP contribution in [0.15, 0.2) is 78.4 Å². The van der Waals surface area contributed by atoms with Gasteiger partial charge in [0.05, 0.1) is 25.3 Å². The second-order valence-corrected chi connectivity index (χ2v) is 8.22. The van der Waals surface area contributed by atoms with Crippen LogP contribution in [-0.4, -0.2) is 40.5 Å². The van der Waals surface area contributed by atoms with Crippen LogP contribution in [-0.2, 0) is 16.1 Å². The zero-order valence-electron chi connectivity index (χ0n) is 19.6. The van der Waals surface area contributed by atoms with Gasteiger partial charge in [0, 0.05) is 12.1 Å². The molecule has 1 saturated heterocycles. The molecule has 35 heavy (non-hydrogen) atoms. The minimum Gasteiger partial charge on any atom is -0.507 e. The minimum absolute atomic E-state index is 0.0358. The number of hydrogen-bond donors (Lipinski definition) is 2. The highest BCUT2D eigenvalue weighted by atomic mass is 16.5. The van der Waals surface area contributed by atoms with Crippen molar-refractivity contribution in [2.24, 2.45) is 0 Å².